The number of hydrogen-bond donors (Lipinski definition) is 1. The van der Waals surface area contributed by atoms with Crippen molar-refractivity contribution < 1.29 is 14.6 Å². The molecule has 0 atom stereocenters. The van der Waals surface area contributed by atoms with Crippen molar-refractivity contribution in [3.05, 3.63) is 95.6 Å². The lowest BCUT2D eigenvalue weighted by Gasteiger charge is -2.43. The maximum absolute atomic E-state index is 10.1. The average Bonchev–Trinajstić information content (AvgIpc) is 2.74. The summed E-state index contributed by atoms with van der Waals surface area (Å²) in [5.74, 6) is 3.73. The van der Waals surface area contributed by atoms with Crippen LogP contribution in [0.15, 0.2) is 78.9 Å². The fourth-order valence-corrected chi connectivity index (χ4v) is 4.91. The third-order valence-corrected chi connectivity index (χ3v) is 5.99. The van der Waals surface area contributed by atoms with Crippen LogP contribution in [0.5, 0.6) is 28.7 Å². The lowest BCUT2D eigenvalue weighted by molar-refractivity contribution is 0.409. The summed E-state index contributed by atoms with van der Waals surface area (Å²) in [4.78, 5) is 2.18. The first-order valence-electron chi connectivity index (χ1n) is 9.63. The molecular formula is C25H15NO3. The Kier molecular flexibility index (Phi) is 2.66. The van der Waals surface area contributed by atoms with Crippen LogP contribution in [0.1, 0.15) is 22.6 Å². The van der Waals surface area contributed by atoms with E-state index in [0.29, 0.717) is 0 Å². The van der Waals surface area contributed by atoms with Crippen molar-refractivity contribution in [3.8, 4) is 28.7 Å². The minimum atomic E-state index is 0.0645. The molecule has 3 aliphatic rings. The van der Waals surface area contributed by atoms with Gasteiger partial charge in [-0.2, -0.15) is 0 Å². The van der Waals surface area contributed by atoms with E-state index >= 15 is 0 Å². The first kappa shape index (κ1) is 15.1. The van der Waals surface area contributed by atoms with Crippen LogP contribution in [0, 0.1) is 0 Å². The predicted octanol–water partition coefficient (Wildman–Crippen LogP) is 6.57. The second-order valence-electron chi connectivity index (χ2n) is 7.54. The molecule has 4 aromatic carbocycles. The highest BCUT2D eigenvalue weighted by Crippen LogP contribution is 2.64. The molecule has 4 nitrogen and oxygen atoms in total. The highest BCUT2D eigenvalue weighted by molar-refractivity contribution is 5.91. The molecule has 4 heteroatoms. The second kappa shape index (κ2) is 5.11. The Balaban J connectivity index is 1.61. The summed E-state index contributed by atoms with van der Waals surface area (Å²) in [5, 5.41) is 10.1. The molecule has 0 aliphatic carbocycles. The Hall–Kier alpha value is -3.92. The van der Waals surface area contributed by atoms with Gasteiger partial charge in [-0.1, -0.05) is 24.3 Å². The number of nitrogens with zero attached hydrogens (tertiary/aromatic N) is 1. The zero-order valence-electron chi connectivity index (χ0n) is 15.3. The largest absolute Gasteiger partial charge is 0.508 e. The van der Waals surface area contributed by atoms with E-state index in [9.17, 15) is 5.11 Å². The molecule has 1 N–H and O–H groups in total. The number of ether oxygens (including phenoxy) is 2. The van der Waals surface area contributed by atoms with Crippen molar-refractivity contribution in [1.82, 2.24) is 0 Å². The van der Waals surface area contributed by atoms with E-state index in [1.165, 1.54) is 0 Å². The van der Waals surface area contributed by atoms with Gasteiger partial charge >= 0.3 is 0 Å². The van der Waals surface area contributed by atoms with Crippen molar-refractivity contribution in [2.75, 3.05) is 4.90 Å². The minimum Gasteiger partial charge on any atom is -0.508 e. The van der Waals surface area contributed by atoms with E-state index in [1.807, 2.05) is 54.6 Å². The van der Waals surface area contributed by atoms with Crippen molar-refractivity contribution in [2.45, 2.75) is 5.92 Å². The number of phenolic OH excluding ortho intramolecular Hbond substituents is 1. The standard InChI is InChI=1S/C25H15NO3/c27-15-6-1-5-14(13-15)26-16-7-2-9-18-22(16)25-23-17(26)8-3-10-19(23)29-21-12-4-11-20(28-18)24(21)25/h1-13,25,27H. The van der Waals surface area contributed by atoms with Gasteiger partial charge in [0.05, 0.1) is 17.3 Å². The number of anilines is 3. The van der Waals surface area contributed by atoms with Crippen LogP contribution in [0.2, 0.25) is 0 Å². The predicted molar refractivity (Wildman–Crippen MR) is 110 cm³/mol. The number of phenols is 1. The maximum atomic E-state index is 10.1. The van der Waals surface area contributed by atoms with Crippen molar-refractivity contribution in [1.29, 1.82) is 0 Å². The van der Waals surface area contributed by atoms with Crippen LogP contribution in [0.4, 0.5) is 17.1 Å². The van der Waals surface area contributed by atoms with Gasteiger partial charge in [0.25, 0.3) is 0 Å². The van der Waals surface area contributed by atoms with E-state index < -0.39 is 0 Å². The zero-order chi connectivity index (χ0) is 19.1. The Labute approximate surface area is 167 Å². The maximum Gasteiger partial charge on any atom is 0.135 e. The van der Waals surface area contributed by atoms with E-state index in [-0.39, 0.29) is 11.7 Å². The Morgan fingerprint density at radius 3 is 1.72 bits per heavy atom. The monoisotopic (exact) mass is 377 g/mol. The number of hydrogen-bond acceptors (Lipinski definition) is 4. The topological polar surface area (TPSA) is 41.9 Å². The molecule has 7 rings (SSSR count). The normalized spacial score (nSPS) is 14.7. The lowest BCUT2D eigenvalue weighted by atomic mass is 9.76. The summed E-state index contributed by atoms with van der Waals surface area (Å²) in [6, 6.07) is 25.6. The van der Waals surface area contributed by atoms with Crippen LogP contribution in [0.25, 0.3) is 0 Å². The Morgan fingerprint density at radius 1 is 0.621 bits per heavy atom. The fraction of sp³-hybridized carbons (Fsp3) is 0.0400. The van der Waals surface area contributed by atoms with Crippen LogP contribution in [0.3, 0.4) is 0 Å². The first-order valence-corrected chi connectivity index (χ1v) is 9.63. The molecule has 0 saturated carbocycles. The molecule has 0 fully saturated rings. The molecule has 4 aromatic rings. The van der Waals surface area contributed by atoms with Gasteiger partial charge < -0.3 is 19.5 Å². The van der Waals surface area contributed by atoms with E-state index in [0.717, 1.165) is 56.8 Å². The zero-order valence-corrected chi connectivity index (χ0v) is 15.3. The van der Waals surface area contributed by atoms with E-state index in [4.69, 9.17) is 9.47 Å². The van der Waals surface area contributed by atoms with Crippen molar-refractivity contribution >= 4 is 17.1 Å². The smallest absolute Gasteiger partial charge is 0.135 e. The molecule has 0 bridgehead atoms. The van der Waals surface area contributed by atoms with Crippen LogP contribution < -0.4 is 14.4 Å². The number of aromatic hydroxyl groups is 1. The molecule has 0 spiro atoms. The highest BCUT2D eigenvalue weighted by atomic mass is 16.5. The molecule has 0 radical (unpaired) electrons. The minimum absolute atomic E-state index is 0.0645. The van der Waals surface area contributed by atoms with Crippen LogP contribution >= 0.6 is 0 Å². The van der Waals surface area contributed by atoms with Crippen molar-refractivity contribution in [3.63, 3.8) is 0 Å². The molecular weight excluding hydrogens is 362 g/mol. The Bertz CT molecular complexity index is 1270. The number of rotatable bonds is 1. The van der Waals surface area contributed by atoms with E-state index in [1.54, 1.807) is 12.1 Å². The first-order chi connectivity index (χ1) is 14.3. The molecule has 3 heterocycles. The third kappa shape index (κ3) is 1.83. The summed E-state index contributed by atoms with van der Waals surface area (Å²) in [6.07, 6.45) is 0. The summed E-state index contributed by atoms with van der Waals surface area (Å²) in [7, 11) is 0. The van der Waals surface area contributed by atoms with Gasteiger partial charge in [0.2, 0.25) is 0 Å². The molecule has 3 aliphatic heterocycles. The summed E-state index contributed by atoms with van der Waals surface area (Å²) in [5.41, 5.74) is 6.38. The molecule has 0 saturated heterocycles. The van der Waals surface area contributed by atoms with Gasteiger partial charge in [-0.05, 0) is 48.5 Å². The summed E-state index contributed by atoms with van der Waals surface area (Å²) < 4.78 is 12.6. The van der Waals surface area contributed by atoms with Crippen LogP contribution in [-0.2, 0) is 0 Å². The third-order valence-electron chi connectivity index (χ3n) is 5.99. The van der Waals surface area contributed by atoms with Gasteiger partial charge in [0.15, 0.2) is 0 Å². The van der Waals surface area contributed by atoms with Gasteiger partial charge in [0, 0.05) is 28.4 Å². The molecule has 138 valence electrons. The van der Waals surface area contributed by atoms with E-state index in [2.05, 4.69) is 17.0 Å². The van der Waals surface area contributed by atoms with Gasteiger partial charge in [0.1, 0.15) is 28.7 Å². The lowest BCUT2D eigenvalue weighted by Crippen LogP contribution is -2.27. The van der Waals surface area contributed by atoms with Gasteiger partial charge in [-0.25, -0.2) is 0 Å². The quantitative estimate of drug-likeness (QED) is 0.351. The molecule has 0 amide bonds. The summed E-state index contributed by atoms with van der Waals surface area (Å²) in [6.45, 7) is 0. The SMILES string of the molecule is Oc1cccc(N2c3cccc4c3C3c5c(cccc5Oc5cccc2c53)O4)c1. The van der Waals surface area contributed by atoms with Crippen LogP contribution in [-0.4, -0.2) is 5.11 Å². The second-order valence-corrected chi connectivity index (χ2v) is 7.54. The van der Waals surface area contributed by atoms with Crippen molar-refractivity contribution in [2.24, 2.45) is 0 Å². The summed E-state index contributed by atoms with van der Waals surface area (Å²) >= 11 is 0. The highest BCUT2D eigenvalue weighted by Gasteiger charge is 2.44. The van der Waals surface area contributed by atoms with Gasteiger partial charge in [-0.3, -0.25) is 0 Å². The number of benzene rings is 4. The molecule has 0 unspecified atom stereocenters. The fourth-order valence-electron chi connectivity index (χ4n) is 4.91. The molecule has 29 heavy (non-hydrogen) atoms. The molecule has 0 aromatic heterocycles. The average molecular weight is 377 g/mol. The van der Waals surface area contributed by atoms with Gasteiger partial charge in [-0.15, -0.1) is 0 Å². The Morgan fingerprint density at radius 2 is 1.14 bits per heavy atom.